The van der Waals surface area contributed by atoms with Crippen molar-refractivity contribution in [2.24, 2.45) is 0 Å². The van der Waals surface area contributed by atoms with Crippen LogP contribution in [0.15, 0.2) is 23.1 Å². The number of nitrogens with two attached hydrogens (primary N) is 1. The molecule has 1 aromatic carbocycles. The molecule has 4 nitrogen and oxygen atoms in total. The number of carbonyl (C=O) groups excluding carboxylic acids is 1. The van der Waals surface area contributed by atoms with Crippen LogP contribution in [-0.4, -0.2) is 17.7 Å². The molecule has 0 spiro atoms. The summed E-state index contributed by atoms with van der Waals surface area (Å²) < 4.78 is 0. The summed E-state index contributed by atoms with van der Waals surface area (Å²) in [5.74, 6) is 0.107. The zero-order chi connectivity index (χ0) is 13.1. The Balaban J connectivity index is 2.28. The second-order valence-corrected chi connectivity index (χ2v) is 5.62. The zero-order valence-corrected chi connectivity index (χ0v) is 11.0. The van der Waals surface area contributed by atoms with Gasteiger partial charge in [0.1, 0.15) is 0 Å². The number of amides is 1. The highest BCUT2D eigenvalue weighted by atomic mass is 32.2. The molecule has 0 radical (unpaired) electrons. The lowest BCUT2D eigenvalue weighted by Crippen LogP contribution is -2.40. The Labute approximate surface area is 111 Å². The Kier molecular flexibility index (Phi) is 3.78. The number of nitrogens with zero attached hydrogens (tertiary/aromatic N) is 2. The SMILES string of the molecule is CC1Sc2cc(N)ccc2N(CCCC#N)C1=O. The van der Waals surface area contributed by atoms with Crippen LogP contribution in [0.25, 0.3) is 0 Å². The van der Waals surface area contributed by atoms with Gasteiger partial charge in [0.15, 0.2) is 0 Å². The Hall–Kier alpha value is -1.67. The molecule has 1 amide bonds. The molecule has 2 N–H and O–H groups in total. The molecule has 5 heteroatoms. The Bertz CT molecular complexity index is 509. The van der Waals surface area contributed by atoms with Gasteiger partial charge < -0.3 is 10.6 Å². The molecule has 2 rings (SSSR count). The van der Waals surface area contributed by atoms with E-state index in [-0.39, 0.29) is 11.2 Å². The van der Waals surface area contributed by atoms with Crippen molar-refractivity contribution in [1.29, 1.82) is 5.26 Å². The van der Waals surface area contributed by atoms with Crippen molar-refractivity contribution in [3.63, 3.8) is 0 Å². The molecule has 94 valence electrons. The summed E-state index contributed by atoms with van der Waals surface area (Å²) in [4.78, 5) is 15.0. The molecular formula is C13H15N3OS. The lowest BCUT2D eigenvalue weighted by atomic mass is 10.2. The maximum absolute atomic E-state index is 12.2. The van der Waals surface area contributed by atoms with Gasteiger partial charge in [-0.25, -0.2) is 0 Å². The summed E-state index contributed by atoms with van der Waals surface area (Å²) >= 11 is 1.54. The smallest absolute Gasteiger partial charge is 0.240 e. The van der Waals surface area contributed by atoms with E-state index >= 15 is 0 Å². The van der Waals surface area contributed by atoms with Crippen molar-refractivity contribution in [1.82, 2.24) is 0 Å². The second kappa shape index (κ2) is 5.32. The number of rotatable bonds is 3. The predicted octanol–water partition coefficient (Wildman–Crippen LogP) is 2.40. The fourth-order valence-corrected chi connectivity index (χ4v) is 3.09. The molecule has 1 aromatic rings. The molecule has 1 unspecified atom stereocenters. The van der Waals surface area contributed by atoms with E-state index in [9.17, 15) is 4.79 Å². The maximum atomic E-state index is 12.2. The van der Waals surface area contributed by atoms with Crippen LogP contribution < -0.4 is 10.6 Å². The number of benzene rings is 1. The first kappa shape index (κ1) is 12.8. The minimum absolute atomic E-state index is 0.0959. The minimum atomic E-state index is -0.0959. The molecule has 0 saturated heterocycles. The van der Waals surface area contributed by atoms with E-state index in [1.807, 2.05) is 19.1 Å². The molecule has 0 aliphatic carbocycles. The third-order valence-electron chi connectivity index (χ3n) is 2.86. The fourth-order valence-electron chi connectivity index (χ4n) is 1.97. The van der Waals surface area contributed by atoms with Crippen molar-refractivity contribution in [2.75, 3.05) is 17.2 Å². The normalized spacial score (nSPS) is 18.3. The molecule has 0 aromatic heterocycles. The van der Waals surface area contributed by atoms with Gasteiger partial charge >= 0.3 is 0 Å². The summed E-state index contributed by atoms with van der Waals surface area (Å²) in [6.45, 7) is 2.49. The van der Waals surface area contributed by atoms with E-state index in [0.29, 0.717) is 25.1 Å². The monoisotopic (exact) mass is 261 g/mol. The summed E-state index contributed by atoms with van der Waals surface area (Å²) in [5, 5.41) is 8.48. The Morgan fingerprint density at radius 2 is 2.33 bits per heavy atom. The molecule has 0 bridgehead atoms. The van der Waals surface area contributed by atoms with Crippen molar-refractivity contribution in [3.05, 3.63) is 18.2 Å². The maximum Gasteiger partial charge on any atom is 0.240 e. The van der Waals surface area contributed by atoms with Crippen molar-refractivity contribution >= 4 is 29.0 Å². The third-order valence-corrected chi connectivity index (χ3v) is 4.00. The van der Waals surface area contributed by atoms with Gasteiger partial charge in [-0.3, -0.25) is 4.79 Å². The first-order valence-corrected chi connectivity index (χ1v) is 6.76. The minimum Gasteiger partial charge on any atom is -0.399 e. The van der Waals surface area contributed by atoms with E-state index in [1.165, 1.54) is 0 Å². The number of unbranched alkanes of at least 4 members (excludes halogenated alkanes) is 1. The van der Waals surface area contributed by atoms with Crippen molar-refractivity contribution in [3.8, 4) is 6.07 Å². The van der Waals surface area contributed by atoms with Gasteiger partial charge in [-0.2, -0.15) is 5.26 Å². The molecule has 18 heavy (non-hydrogen) atoms. The van der Waals surface area contributed by atoms with Gasteiger partial charge in [-0.15, -0.1) is 11.8 Å². The van der Waals surface area contributed by atoms with Crippen LogP contribution in [-0.2, 0) is 4.79 Å². The van der Waals surface area contributed by atoms with Gasteiger partial charge in [0.05, 0.1) is 17.0 Å². The zero-order valence-electron chi connectivity index (χ0n) is 10.2. The number of thioether (sulfide) groups is 1. The average Bonchev–Trinajstić information content (AvgIpc) is 2.34. The molecule has 0 saturated carbocycles. The predicted molar refractivity (Wildman–Crippen MR) is 73.4 cm³/mol. The van der Waals surface area contributed by atoms with E-state index in [4.69, 9.17) is 11.0 Å². The number of anilines is 2. The summed E-state index contributed by atoms with van der Waals surface area (Å²) in [5.41, 5.74) is 7.39. The number of nitrogen functional groups attached to an aromatic ring is 1. The van der Waals surface area contributed by atoms with E-state index in [1.54, 1.807) is 22.7 Å². The van der Waals surface area contributed by atoms with Gasteiger partial charge in [0.25, 0.3) is 0 Å². The summed E-state index contributed by atoms with van der Waals surface area (Å²) in [6.07, 6.45) is 1.17. The van der Waals surface area contributed by atoms with Crippen molar-refractivity contribution < 1.29 is 4.79 Å². The largest absolute Gasteiger partial charge is 0.399 e. The van der Waals surface area contributed by atoms with Crippen LogP contribution in [0, 0.1) is 11.3 Å². The summed E-state index contributed by atoms with van der Waals surface area (Å²) in [7, 11) is 0. The summed E-state index contributed by atoms with van der Waals surface area (Å²) in [6, 6.07) is 7.69. The number of fused-ring (bicyclic) bond motifs is 1. The first-order valence-electron chi connectivity index (χ1n) is 5.88. The van der Waals surface area contributed by atoms with Crippen LogP contribution in [0.1, 0.15) is 19.8 Å². The number of nitriles is 1. The van der Waals surface area contributed by atoms with Crippen molar-refractivity contribution in [2.45, 2.75) is 29.9 Å². The van der Waals surface area contributed by atoms with Gasteiger partial charge in [-0.05, 0) is 31.5 Å². The van der Waals surface area contributed by atoms with Crippen LogP contribution >= 0.6 is 11.8 Å². The topological polar surface area (TPSA) is 70.1 Å². The average molecular weight is 261 g/mol. The molecule has 1 atom stereocenters. The molecule has 1 aliphatic heterocycles. The molecule has 0 fully saturated rings. The molecule has 1 heterocycles. The Morgan fingerprint density at radius 1 is 1.56 bits per heavy atom. The van der Waals surface area contributed by atoms with Crippen LogP contribution in [0.3, 0.4) is 0 Å². The highest BCUT2D eigenvalue weighted by molar-refractivity contribution is 8.01. The number of carbonyl (C=O) groups is 1. The standard InChI is InChI=1S/C13H15N3OS/c1-9-13(17)16(7-3-2-6-14)11-5-4-10(15)8-12(11)18-9/h4-5,8-9H,2-3,7,15H2,1H3. The van der Waals surface area contributed by atoms with Gasteiger partial charge in [0.2, 0.25) is 5.91 Å². The second-order valence-electron chi connectivity index (χ2n) is 4.24. The van der Waals surface area contributed by atoms with Crippen LogP contribution in [0.2, 0.25) is 0 Å². The molecular weight excluding hydrogens is 246 g/mol. The lowest BCUT2D eigenvalue weighted by Gasteiger charge is -2.32. The Morgan fingerprint density at radius 3 is 3.06 bits per heavy atom. The van der Waals surface area contributed by atoms with E-state index < -0.39 is 0 Å². The van der Waals surface area contributed by atoms with Crippen LogP contribution in [0.4, 0.5) is 11.4 Å². The molecule has 1 aliphatic rings. The van der Waals surface area contributed by atoms with Crippen LogP contribution in [0.5, 0.6) is 0 Å². The number of hydrogen-bond acceptors (Lipinski definition) is 4. The van der Waals surface area contributed by atoms with Gasteiger partial charge in [0, 0.05) is 23.5 Å². The number of hydrogen-bond donors (Lipinski definition) is 1. The highest BCUT2D eigenvalue weighted by Gasteiger charge is 2.30. The van der Waals surface area contributed by atoms with E-state index in [0.717, 1.165) is 10.6 Å². The highest BCUT2D eigenvalue weighted by Crippen LogP contribution is 2.40. The first-order chi connectivity index (χ1) is 8.63. The quantitative estimate of drug-likeness (QED) is 0.670. The van der Waals surface area contributed by atoms with Gasteiger partial charge in [-0.1, -0.05) is 0 Å². The lowest BCUT2D eigenvalue weighted by molar-refractivity contribution is -0.118. The third kappa shape index (κ3) is 2.44. The fraction of sp³-hybridized carbons (Fsp3) is 0.385. The van der Waals surface area contributed by atoms with E-state index in [2.05, 4.69) is 6.07 Å².